The maximum atomic E-state index is 13.0. The van der Waals surface area contributed by atoms with Gasteiger partial charge in [-0.3, -0.25) is 4.79 Å². The number of imidazole rings is 1. The van der Waals surface area contributed by atoms with Crippen LogP contribution >= 0.6 is 0 Å². The van der Waals surface area contributed by atoms with Crippen molar-refractivity contribution >= 4 is 5.91 Å². The number of halogens is 3. The van der Waals surface area contributed by atoms with Gasteiger partial charge in [0, 0.05) is 17.2 Å². The van der Waals surface area contributed by atoms with Gasteiger partial charge in [-0.05, 0) is 57.7 Å². The lowest BCUT2D eigenvalue weighted by atomic mass is 9.91. The van der Waals surface area contributed by atoms with Crippen molar-refractivity contribution in [1.82, 2.24) is 14.9 Å². The van der Waals surface area contributed by atoms with E-state index < -0.39 is 11.6 Å². The van der Waals surface area contributed by atoms with Gasteiger partial charge in [0.25, 0.3) is 5.91 Å². The Morgan fingerprint density at radius 3 is 2.72 bits per heavy atom. The molecule has 1 N–H and O–H groups in total. The summed E-state index contributed by atoms with van der Waals surface area (Å²) >= 11 is 0. The van der Waals surface area contributed by atoms with E-state index >= 15 is 0 Å². The fourth-order valence-corrected chi connectivity index (χ4v) is 4.02. The molecule has 6 nitrogen and oxygen atoms in total. The van der Waals surface area contributed by atoms with Crippen molar-refractivity contribution in [2.45, 2.75) is 64.4 Å². The monoisotopic (exact) mass is 451 g/mol. The number of hydrogen-bond donors (Lipinski definition) is 1. The highest BCUT2D eigenvalue weighted by Crippen LogP contribution is 2.38. The Morgan fingerprint density at radius 2 is 2.00 bits per heavy atom. The van der Waals surface area contributed by atoms with Gasteiger partial charge >= 0.3 is 6.18 Å². The molecule has 1 aliphatic carbocycles. The Labute approximate surface area is 185 Å². The van der Waals surface area contributed by atoms with Crippen molar-refractivity contribution in [3.8, 4) is 17.0 Å². The van der Waals surface area contributed by atoms with Crippen LogP contribution in [0.3, 0.4) is 0 Å². The summed E-state index contributed by atoms with van der Waals surface area (Å²) in [6.07, 6.45) is 1.58. The van der Waals surface area contributed by atoms with Crippen LogP contribution in [0.2, 0.25) is 0 Å². The fourth-order valence-electron chi connectivity index (χ4n) is 4.02. The Kier molecular flexibility index (Phi) is 6.20. The minimum Gasteiger partial charge on any atom is -0.491 e. The Balaban J connectivity index is 1.33. The number of amides is 1. The van der Waals surface area contributed by atoms with Gasteiger partial charge in [0.2, 0.25) is 0 Å². The summed E-state index contributed by atoms with van der Waals surface area (Å²) in [5.41, 5.74) is 0.401. The molecule has 0 radical (unpaired) electrons. The van der Waals surface area contributed by atoms with E-state index in [1.165, 1.54) is 0 Å². The van der Waals surface area contributed by atoms with E-state index in [1.807, 2.05) is 10.6 Å². The summed E-state index contributed by atoms with van der Waals surface area (Å²) in [5.74, 6) is 0.547. The Hall–Kier alpha value is -2.55. The molecule has 2 aromatic rings. The van der Waals surface area contributed by atoms with Crippen molar-refractivity contribution in [1.29, 1.82) is 0 Å². The second-order valence-electron chi connectivity index (χ2n) is 9.17. The first-order chi connectivity index (χ1) is 15.1. The molecule has 0 saturated heterocycles. The molecule has 1 saturated carbocycles. The molecule has 2 heterocycles. The first-order valence-electron chi connectivity index (χ1n) is 10.9. The minimum absolute atomic E-state index is 0.0291. The van der Waals surface area contributed by atoms with Crippen molar-refractivity contribution in [3.05, 3.63) is 36.3 Å². The lowest BCUT2D eigenvalue weighted by Gasteiger charge is -2.33. The van der Waals surface area contributed by atoms with Crippen LogP contribution in [0.1, 0.15) is 49.9 Å². The number of nitrogens with zero attached hydrogens (tertiary/aromatic N) is 2. The van der Waals surface area contributed by atoms with Crippen LogP contribution in [0.15, 0.2) is 30.7 Å². The number of carbonyl (C=O) groups is 1. The molecule has 0 unspecified atom stereocenters. The SMILES string of the molecule is CC(C)(COC1CCC(NC(=O)c2ccc3c(c2)-c2cncn2CCO3)CC1)C(F)(F)F. The fraction of sp³-hybridized carbons (Fsp3) is 0.565. The van der Waals surface area contributed by atoms with E-state index in [2.05, 4.69) is 10.3 Å². The molecule has 1 amide bonds. The van der Waals surface area contributed by atoms with Gasteiger partial charge in [0.15, 0.2) is 0 Å². The molecule has 1 fully saturated rings. The zero-order valence-corrected chi connectivity index (χ0v) is 18.2. The quantitative estimate of drug-likeness (QED) is 0.722. The third-order valence-electron chi connectivity index (χ3n) is 6.28. The molecule has 32 heavy (non-hydrogen) atoms. The lowest BCUT2D eigenvalue weighted by Crippen LogP contribution is -2.41. The summed E-state index contributed by atoms with van der Waals surface area (Å²) in [6.45, 7) is 3.17. The van der Waals surface area contributed by atoms with Gasteiger partial charge in [-0.2, -0.15) is 13.2 Å². The number of hydrogen-bond acceptors (Lipinski definition) is 4. The number of rotatable bonds is 5. The molecular formula is C23H28F3N3O3. The third-order valence-corrected chi connectivity index (χ3v) is 6.28. The number of carbonyl (C=O) groups excluding carboxylic acids is 1. The highest BCUT2D eigenvalue weighted by molar-refractivity contribution is 5.96. The summed E-state index contributed by atoms with van der Waals surface area (Å²) in [5, 5.41) is 3.05. The van der Waals surface area contributed by atoms with Crippen LogP contribution < -0.4 is 10.1 Å². The van der Waals surface area contributed by atoms with Crippen LogP contribution in [-0.2, 0) is 11.3 Å². The summed E-state index contributed by atoms with van der Waals surface area (Å²) in [6, 6.07) is 5.34. The Morgan fingerprint density at radius 1 is 1.25 bits per heavy atom. The average Bonchev–Trinajstić information content (AvgIpc) is 3.14. The summed E-state index contributed by atoms with van der Waals surface area (Å²) in [7, 11) is 0. The van der Waals surface area contributed by atoms with Crippen LogP contribution in [0, 0.1) is 5.41 Å². The van der Waals surface area contributed by atoms with E-state index in [1.54, 1.807) is 24.7 Å². The molecular weight excluding hydrogens is 423 g/mol. The van der Waals surface area contributed by atoms with Crippen LogP contribution in [0.25, 0.3) is 11.3 Å². The van der Waals surface area contributed by atoms with Crippen LogP contribution in [0.4, 0.5) is 13.2 Å². The second-order valence-corrected chi connectivity index (χ2v) is 9.17. The van der Waals surface area contributed by atoms with Gasteiger partial charge in [0.1, 0.15) is 12.4 Å². The topological polar surface area (TPSA) is 65.4 Å². The van der Waals surface area contributed by atoms with E-state index in [9.17, 15) is 18.0 Å². The lowest BCUT2D eigenvalue weighted by molar-refractivity contribution is -0.231. The van der Waals surface area contributed by atoms with Crippen molar-refractivity contribution in [2.24, 2.45) is 5.41 Å². The predicted octanol–water partition coefficient (Wildman–Crippen LogP) is 4.59. The number of aromatic nitrogens is 2. The maximum absolute atomic E-state index is 13.0. The molecule has 1 aromatic heterocycles. The number of benzene rings is 1. The highest BCUT2D eigenvalue weighted by atomic mass is 19.4. The number of alkyl halides is 3. The largest absolute Gasteiger partial charge is 0.491 e. The molecule has 2 aliphatic rings. The van der Waals surface area contributed by atoms with E-state index in [-0.39, 0.29) is 24.7 Å². The molecule has 1 aliphatic heterocycles. The predicted molar refractivity (Wildman–Crippen MR) is 112 cm³/mol. The number of fused-ring (bicyclic) bond motifs is 3. The van der Waals surface area contributed by atoms with Gasteiger partial charge in [-0.15, -0.1) is 0 Å². The average molecular weight is 451 g/mol. The van der Waals surface area contributed by atoms with Gasteiger partial charge in [-0.1, -0.05) is 0 Å². The summed E-state index contributed by atoms with van der Waals surface area (Å²) in [4.78, 5) is 17.0. The first-order valence-corrected chi connectivity index (χ1v) is 10.9. The van der Waals surface area contributed by atoms with Crippen molar-refractivity contribution in [3.63, 3.8) is 0 Å². The van der Waals surface area contributed by atoms with E-state index in [0.29, 0.717) is 44.4 Å². The zero-order chi connectivity index (χ0) is 22.9. The van der Waals surface area contributed by atoms with Crippen LogP contribution in [-0.4, -0.2) is 47.0 Å². The zero-order valence-electron chi connectivity index (χ0n) is 18.2. The number of ether oxygens (including phenoxy) is 2. The Bertz CT molecular complexity index is 963. The normalized spacial score (nSPS) is 21.2. The molecule has 4 rings (SSSR count). The van der Waals surface area contributed by atoms with Crippen molar-refractivity contribution in [2.75, 3.05) is 13.2 Å². The van der Waals surface area contributed by atoms with Gasteiger partial charge in [-0.25, -0.2) is 4.98 Å². The third kappa shape index (κ3) is 4.77. The van der Waals surface area contributed by atoms with E-state index in [4.69, 9.17) is 9.47 Å². The van der Waals surface area contributed by atoms with Gasteiger partial charge in [0.05, 0.1) is 42.9 Å². The molecule has 0 bridgehead atoms. The minimum atomic E-state index is -4.30. The summed E-state index contributed by atoms with van der Waals surface area (Å²) < 4.78 is 52.4. The smallest absolute Gasteiger partial charge is 0.396 e. The molecule has 0 spiro atoms. The molecule has 1 aromatic carbocycles. The number of nitrogens with one attached hydrogen (secondary N) is 1. The molecule has 174 valence electrons. The van der Waals surface area contributed by atoms with Crippen molar-refractivity contribution < 1.29 is 27.4 Å². The maximum Gasteiger partial charge on any atom is 0.396 e. The first kappa shape index (κ1) is 22.6. The second kappa shape index (κ2) is 8.77. The van der Waals surface area contributed by atoms with E-state index in [0.717, 1.165) is 30.9 Å². The van der Waals surface area contributed by atoms with Gasteiger partial charge < -0.3 is 19.4 Å². The van der Waals surface area contributed by atoms with Crippen LogP contribution in [0.5, 0.6) is 5.75 Å². The molecule has 9 heteroatoms. The molecule has 0 atom stereocenters. The standard InChI is InChI=1S/C23H28F3N3O3/c1-22(2,23(24,25)26)13-32-17-6-4-16(5-7-17)28-21(30)15-3-8-20-18(11-15)19-12-27-14-29(19)9-10-31-20/h3,8,11-12,14,16-17H,4-7,9-10,13H2,1-2H3,(H,28,30). The highest BCUT2D eigenvalue weighted by Gasteiger charge is 2.47.